The van der Waals surface area contributed by atoms with Crippen molar-refractivity contribution in [2.45, 2.75) is 13.0 Å². The van der Waals surface area contributed by atoms with Crippen molar-refractivity contribution < 1.29 is 13.6 Å². The molecule has 0 fully saturated rings. The van der Waals surface area contributed by atoms with Gasteiger partial charge in [0.15, 0.2) is 0 Å². The van der Waals surface area contributed by atoms with Gasteiger partial charge in [-0.3, -0.25) is 4.79 Å². The lowest BCUT2D eigenvalue weighted by Crippen LogP contribution is -2.30. The smallest absolute Gasteiger partial charge is 0.257 e. The molecule has 1 amide bonds. The van der Waals surface area contributed by atoms with Crippen LogP contribution >= 0.6 is 0 Å². The van der Waals surface area contributed by atoms with Crippen LogP contribution in [0.2, 0.25) is 0 Å². The van der Waals surface area contributed by atoms with E-state index in [1.165, 1.54) is 35.2 Å². The molecule has 2 aromatic rings. The lowest BCUT2D eigenvalue weighted by Gasteiger charge is -2.25. The molecule has 0 saturated heterocycles. The first kappa shape index (κ1) is 14.2. The highest BCUT2D eigenvalue weighted by molar-refractivity contribution is 5.94. The van der Waals surface area contributed by atoms with E-state index >= 15 is 0 Å². The molecule has 2 aromatic carbocycles. The maximum Gasteiger partial charge on any atom is 0.257 e. The summed E-state index contributed by atoms with van der Waals surface area (Å²) in [6.45, 7) is 1.81. The number of rotatable bonds is 3. The highest BCUT2D eigenvalue weighted by atomic mass is 19.1. The summed E-state index contributed by atoms with van der Waals surface area (Å²) in [6.07, 6.45) is 0. The summed E-state index contributed by atoms with van der Waals surface area (Å²) in [5, 5.41) is 0. The number of halogens is 2. The molecule has 0 aromatic heterocycles. The SMILES string of the molecule is CC(c1ccc(F)cc1)N(C)C(=O)c1ccccc1F. The number of nitrogens with zero attached hydrogens (tertiary/aromatic N) is 1. The van der Waals surface area contributed by atoms with Gasteiger partial charge in [0, 0.05) is 7.05 Å². The van der Waals surface area contributed by atoms with Crippen LogP contribution in [0.3, 0.4) is 0 Å². The second-order valence-electron chi connectivity index (χ2n) is 4.62. The van der Waals surface area contributed by atoms with Crippen LogP contribution in [0.4, 0.5) is 8.78 Å². The first-order chi connectivity index (χ1) is 9.50. The Hall–Kier alpha value is -2.23. The predicted octanol–water partition coefficient (Wildman–Crippen LogP) is 3.80. The first-order valence-corrected chi connectivity index (χ1v) is 6.28. The molecule has 0 bridgehead atoms. The fourth-order valence-electron chi connectivity index (χ4n) is 1.97. The average molecular weight is 275 g/mol. The largest absolute Gasteiger partial charge is 0.335 e. The number of amides is 1. The van der Waals surface area contributed by atoms with Crippen molar-refractivity contribution in [2.24, 2.45) is 0 Å². The van der Waals surface area contributed by atoms with E-state index in [1.54, 1.807) is 25.2 Å². The molecule has 0 heterocycles. The standard InChI is InChI=1S/C16H15F2NO/c1-11(12-7-9-13(17)10-8-12)19(2)16(20)14-5-3-4-6-15(14)18/h3-11H,1-2H3. The van der Waals surface area contributed by atoms with E-state index in [1.807, 2.05) is 6.92 Å². The third-order valence-electron chi connectivity index (χ3n) is 3.36. The number of benzene rings is 2. The molecule has 104 valence electrons. The molecule has 0 aliphatic rings. The Morgan fingerprint density at radius 1 is 1.05 bits per heavy atom. The van der Waals surface area contributed by atoms with Gasteiger partial charge in [0.1, 0.15) is 11.6 Å². The topological polar surface area (TPSA) is 20.3 Å². The van der Waals surface area contributed by atoms with Gasteiger partial charge < -0.3 is 4.90 Å². The van der Waals surface area contributed by atoms with Crippen LogP contribution in [0.5, 0.6) is 0 Å². The Bertz CT molecular complexity index is 610. The van der Waals surface area contributed by atoms with Gasteiger partial charge in [-0.15, -0.1) is 0 Å². The summed E-state index contributed by atoms with van der Waals surface area (Å²) >= 11 is 0. The summed E-state index contributed by atoms with van der Waals surface area (Å²) in [7, 11) is 1.60. The average Bonchev–Trinajstić information content (AvgIpc) is 2.46. The van der Waals surface area contributed by atoms with Gasteiger partial charge in [-0.25, -0.2) is 8.78 Å². The molecule has 0 aliphatic heterocycles. The van der Waals surface area contributed by atoms with Crippen LogP contribution in [0, 0.1) is 11.6 Å². The number of hydrogen-bond donors (Lipinski definition) is 0. The Morgan fingerprint density at radius 2 is 1.65 bits per heavy atom. The summed E-state index contributed by atoms with van der Waals surface area (Å²) in [4.78, 5) is 13.7. The van der Waals surface area contributed by atoms with Crippen LogP contribution in [0.25, 0.3) is 0 Å². The van der Waals surface area contributed by atoms with Crippen molar-refractivity contribution in [3.05, 3.63) is 71.3 Å². The van der Waals surface area contributed by atoms with Gasteiger partial charge in [-0.2, -0.15) is 0 Å². The Kier molecular flexibility index (Phi) is 4.13. The minimum Gasteiger partial charge on any atom is -0.335 e. The third-order valence-corrected chi connectivity index (χ3v) is 3.36. The Balaban J connectivity index is 2.22. The maximum absolute atomic E-state index is 13.6. The van der Waals surface area contributed by atoms with Gasteiger partial charge in [-0.05, 0) is 36.8 Å². The van der Waals surface area contributed by atoms with Crippen LogP contribution in [0.15, 0.2) is 48.5 Å². The third kappa shape index (κ3) is 2.85. The zero-order valence-electron chi connectivity index (χ0n) is 11.3. The highest BCUT2D eigenvalue weighted by Gasteiger charge is 2.21. The second kappa shape index (κ2) is 5.82. The van der Waals surface area contributed by atoms with Crippen LogP contribution in [-0.2, 0) is 0 Å². The summed E-state index contributed by atoms with van der Waals surface area (Å²) in [6, 6.07) is 11.5. The molecule has 20 heavy (non-hydrogen) atoms. The minimum atomic E-state index is -0.546. The Labute approximate surface area is 116 Å². The van der Waals surface area contributed by atoms with Gasteiger partial charge in [0.2, 0.25) is 0 Å². The Morgan fingerprint density at radius 3 is 2.25 bits per heavy atom. The van der Waals surface area contributed by atoms with Crippen LogP contribution < -0.4 is 0 Å². The number of hydrogen-bond acceptors (Lipinski definition) is 1. The predicted molar refractivity (Wildman–Crippen MR) is 73.3 cm³/mol. The molecule has 1 unspecified atom stereocenters. The fraction of sp³-hybridized carbons (Fsp3) is 0.188. The lowest BCUT2D eigenvalue weighted by molar-refractivity contribution is 0.0738. The van der Waals surface area contributed by atoms with Crippen molar-refractivity contribution in [3.63, 3.8) is 0 Å². The molecular formula is C16H15F2NO. The molecule has 0 aliphatic carbocycles. The number of carbonyl (C=O) groups is 1. The number of carbonyl (C=O) groups excluding carboxylic acids is 1. The van der Waals surface area contributed by atoms with Crippen molar-refractivity contribution in [1.82, 2.24) is 4.90 Å². The van der Waals surface area contributed by atoms with Gasteiger partial charge in [0.05, 0.1) is 11.6 Å². The maximum atomic E-state index is 13.6. The molecule has 1 atom stereocenters. The van der Waals surface area contributed by atoms with Crippen molar-refractivity contribution in [3.8, 4) is 0 Å². The molecular weight excluding hydrogens is 260 g/mol. The van der Waals surface area contributed by atoms with E-state index < -0.39 is 11.7 Å². The molecule has 2 rings (SSSR count). The van der Waals surface area contributed by atoms with Crippen molar-refractivity contribution >= 4 is 5.91 Å². The quantitative estimate of drug-likeness (QED) is 0.834. The monoisotopic (exact) mass is 275 g/mol. The first-order valence-electron chi connectivity index (χ1n) is 6.28. The molecule has 0 spiro atoms. The van der Waals surface area contributed by atoms with Crippen LogP contribution in [0.1, 0.15) is 28.9 Å². The fourth-order valence-corrected chi connectivity index (χ4v) is 1.97. The zero-order chi connectivity index (χ0) is 14.7. The van der Waals surface area contributed by atoms with Crippen molar-refractivity contribution in [2.75, 3.05) is 7.05 Å². The van der Waals surface area contributed by atoms with E-state index in [2.05, 4.69) is 0 Å². The summed E-state index contributed by atoms with van der Waals surface area (Å²) in [5.74, 6) is -1.28. The van der Waals surface area contributed by atoms with E-state index in [-0.39, 0.29) is 17.4 Å². The van der Waals surface area contributed by atoms with Crippen LogP contribution in [-0.4, -0.2) is 17.9 Å². The molecule has 0 radical (unpaired) electrons. The second-order valence-corrected chi connectivity index (χ2v) is 4.62. The van der Waals surface area contributed by atoms with Gasteiger partial charge >= 0.3 is 0 Å². The highest BCUT2D eigenvalue weighted by Crippen LogP contribution is 2.21. The molecule has 2 nitrogen and oxygen atoms in total. The summed E-state index contributed by atoms with van der Waals surface area (Å²) < 4.78 is 26.5. The normalized spacial score (nSPS) is 12.0. The van der Waals surface area contributed by atoms with E-state index in [0.717, 1.165) is 5.56 Å². The van der Waals surface area contributed by atoms with Gasteiger partial charge in [0.25, 0.3) is 5.91 Å². The van der Waals surface area contributed by atoms with E-state index in [4.69, 9.17) is 0 Å². The van der Waals surface area contributed by atoms with Crippen molar-refractivity contribution in [1.29, 1.82) is 0 Å². The van der Waals surface area contributed by atoms with E-state index in [0.29, 0.717) is 0 Å². The molecule has 0 saturated carbocycles. The minimum absolute atomic E-state index is 0.0314. The molecule has 4 heteroatoms. The summed E-state index contributed by atoms with van der Waals surface area (Å²) in [5.41, 5.74) is 0.822. The zero-order valence-corrected chi connectivity index (χ0v) is 11.3. The molecule has 0 N–H and O–H groups in total. The lowest BCUT2D eigenvalue weighted by atomic mass is 10.1. The van der Waals surface area contributed by atoms with Gasteiger partial charge in [-0.1, -0.05) is 24.3 Å². The van der Waals surface area contributed by atoms with E-state index in [9.17, 15) is 13.6 Å².